The van der Waals surface area contributed by atoms with Gasteiger partial charge in [0.15, 0.2) is 0 Å². The van der Waals surface area contributed by atoms with Crippen LogP contribution in [-0.2, 0) is 6.42 Å². The normalized spacial score (nSPS) is 12.4. The highest BCUT2D eigenvalue weighted by molar-refractivity contribution is 5.15. The van der Waals surface area contributed by atoms with Crippen molar-refractivity contribution in [3.05, 3.63) is 55.5 Å². The molecule has 0 saturated heterocycles. The first-order chi connectivity index (χ1) is 5.83. The topological polar surface area (TPSA) is 0 Å². The Balaban J connectivity index is 2.46. The highest BCUT2D eigenvalue weighted by Gasteiger charge is 1.99. The van der Waals surface area contributed by atoms with E-state index in [0.29, 0.717) is 5.92 Å². The van der Waals surface area contributed by atoms with E-state index in [9.17, 15) is 0 Å². The van der Waals surface area contributed by atoms with Crippen LogP contribution in [0.2, 0.25) is 0 Å². The minimum absolute atomic E-state index is 0.463. The van der Waals surface area contributed by atoms with Gasteiger partial charge in [-0.05, 0) is 31.2 Å². The summed E-state index contributed by atoms with van der Waals surface area (Å²) in [7, 11) is 0. The molecule has 63 valence electrons. The Hall–Kier alpha value is -1.04. The monoisotopic (exact) mass is 159 g/mol. The summed E-state index contributed by atoms with van der Waals surface area (Å²) in [5.74, 6) is 0.463. The first-order valence-electron chi connectivity index (χ1n) is 4.31. The van der Waals surface area contributed by atoms with E-state index in [4.69, 9.17) is 0 Å². The van der Waals surface area contributed by atoms with Gasteiger partial charge >= 0.3 is 0 Å². The summed E-state index contributed by atoms with van der Waals surface area (Å²) in [4.78, 5) is 0. The van der Waals surface area contributed by atoms with Crippen LogP contribution < -0.4 is 0 Å². The van der Waals surface area contributed by atoms with Gasteiger partial charge in [0.25, 0.3) is 0 Å². The summed E-state index contributed by atoms with van der Waals surface area (Å²) in [6.07, 6.45) is 3.97. The van der Waals surface area contributed by atoms with Crippen molar-refractivity contribution in [2.75, 3.05) is 0 Å². The molecule has 1 aromatic carbocycles. The molecular weight excluding hydrogens is 144 g/mol. The van der Waals surface area contributed by atoms with Crippen LogP contribution >= 0.6 is 0 Å². The Labute approximate surface area is 74.9 Å². The number of allylic oxidation sites excluding steroid dienone is 1. The minimum Gasteiger partial charge on any atom is -0.103 e. The van der Waals surface area contributed by atoms with Crippen molar-refractivity contribution in [1.29, 1.82) is 0 Å². The lowest BCUT2D eigenvalue weighted by atomic mass is 9.98. The molecule has 0 nitrogen and oxygen atoms in total. The molecule has 1 radical (unpaired) electrons. The fourth-order valence-corrected chi connectivity index (χ4v) is 1.27. The maximum Gasteiger partial charge on any atom is -0.0247 e. The number of benzene rings is 1. The molecule has 0 heterocycles. The zero-order valence-electron chi connectivity index (χ0n) is 7.37. The molecule has 1 rings (SSSR count). The van der Waals surface area contributed by atoms with Gasteiger partial charge in [0.05, 0.1) is 0 Å². The van der Waals surface area contributed by atoms with Crippen LogP contribution in [0, 0.1) is 12.8 Å². The summed E-state index contributed by atoms with van der Waals surface area (Å²) in [6, 6.07) is 10.4. The van der Waals surface area contributed by atoms with Crippen molar-refractivity contribution in [3.8, 4) is 0 Å². The second-order valence-corrected chi connectivity index (χ2v) is 3.08. The van der Waals surface area contributed by atoms with Crippen molar-refractivity contribution in [2.24, 2.45) is 5.92 Å². The van der Waals surface area contributed by atoms with E-state index >= 15 is 0 Å². The molecular formula is C12H15. The van der Waals surface area contributed by atoms with Crippen LogP contribution in [0.1, 0.15) is 12.0 Å². The minimum atomic E-state index is 0.463. The van der Waals surface area contributed by atoms with Gasteiger partial charge in [-0.3, -0.25) is 0 Å². The quantitative estimate of drug-likeness (QED) is 0.591. The molecule has 0 heteroatoms. The zero-order chi connectivity index (χ0) is 8.81. The standard InChI is InChI=1S/C12H15/c1-3-7-11(2)10-12-8-5-4-6-9-12/h3-6,8-9,11H,1-2,7,10H2/t11-/m0/s1. The molecule has 1 aromatic rings. The van der Waals surface area contributed by atoms with Gasteiger partial charge in [0.1, 0.15) is 0 Å². The van der Waals surface area contributed by atoms with E-state index in [0.717, 1.165) is 12.8 Å². The molecule has 0 N–H and O–H groups in total. The Bertz CT molecular complexity index is 223. The summed E-state index contributed by atoms with van der Waals surface area (Å²) in [5, 5.41) is 0. The van der Waals surface area contributed by atoms with Crippen LogP contribution in [0.5, 0.6) is 0 Å². The molecule has 0 fully saturated rings. The van der Waals surface area contributed by atoms with Crippen LogP contribution in [-0.4, -0.2) is 0 Å². The molecule has 12 heavy (non-hydrogen) atoms. The molecule has 0 unspecified atom stereocenters. The lowest BCUT2D eigenvalue weighted by Gasteiger charge is -2.07. The van der Waals surface area contributed by atoms with Gasteiger partial charge in [-0.2, -0.15) is 0 Å². The number of hydrogen-bond donors (Lipinski definition) is 0. The molecule has 0 saturated carbocycles. The van der Waals surface area contributed by atoms with Gasteiger partial charge in [0.2, 0.25) is 0 Å². The van der Waals surface area contributed by atoms with Crippen molar-refractivity contribution in [2.45, 2.75) is 12.8 Å². The van der Waals surface area contributed by atoms with E-state index in [1.165, 1.54) is 5.56 Å². The highest BCUT2D eigenvalue weighted by Crippen LogP contribution is 2.10. The first kappa shape index (κ1) is 9.05. The van der Waals surface area contributed by atoms with Crippen molar-refractivity contribution < 1.29 is 0 Å². The second kappa shape index (κ2) is 4.76. The van der Waals surface area contributed by atoms with E-state index < -0.39 is 0 Å². The molecule has 0 aliphatic carbocycles. The smallest absolute Gasteiger partial charge is 0.0247 e. The van der Waals surface area contributed by atoms with E-state index in [-0.39, 0.29) is 0 Å². The Morgan fingerprint density at radius 3 is 2.50 bits per heavy atom. The van der Waals surface area contributed by atoms with Crippen LogP contribution in [0.3, 0.4) is 0 Å². The fourth-order valence-electron chi connectivity index (χ4n) is 1.27. The van der Waals surface area contributed by atoms with Crippen LogP contribution in [0.25, 0.3) is 0 Å². The largest absolute Gasteiger partial charge is 0.103 e. The van der Waals surface area contributed by atoms with Gasteiger partial charge in [0, 0.05) is 0 Å². The number of hydrogen-bond acceptors (Lipinski definition) is 0. The Kier molecular flexibility index (Phi) is 3.59. The predicted molar refractivity (Wildman–Crippen MR) is 53.8 cm³/mol. The molecule has 0 bridgehead atoms. The SMILES string of the molecule is [CH2][C@@H](CC=C)Cc1ccccc1. The third-order valence-corrected chi connectivity index (χ3v) is 1.87. The lowest BCUT2D eigenvalue weighted by Crippen LogP contribution is -1.97. The maximum absolute atomic E-state index is 4.05. The summed E-state index contributed by atoms with van der Waals surface area (Å²) in [6.45, 7) is 7.75. The number of rotatable bonds is 4. The maximum atomic E-state index is 4.05. The third-order valence-electron chi connectivity index (χ3n) is 1.87. The molecule has 0 aromatic heterocycles. The Morgan fingerprint density at radius 1 is 1.25 bits per heavy atom. The van der Waals surface area contributed by atoms with Crippen LogP contribution in [0.15, 0.2) is 43.0 Å². The fraction of sp³-hybridized carbons (Fsp3) is 0.250. The molecule has 0 spiro atoms. The predicted octanol–water partition coefficient (Wildman–Crippen LogP) is 3.26. The molecule has 1 atom stereocenters. The molecule has 0 aliphatic rings. The van der Waals surface area contributed by atoms with Gasteiger partial charge in [-0.15, -0.1) is 6.58 Å². The lowest BCUT2D eigenvalue weighted by molar-refractivity contribution is 0.655. The van der Waals surface area contributed by atoms with E-state index in [1.54, 1.807) is 0 Å². The summed E-state index contributed by atoms with van der Waals surface area (Å²) in [5.41, 5.74) is 1.36. The average molecular weight is 159 g/mol. The van der Waals surface area contributed by atoms with Gasteiger partial charge in [-0.25, -0.2) is 0 Å². The third kappa shape index (κ3) is 2.91. The zero-order valence-corrected chi connectivity index (χ0v) is 7.37. The van der Waals surface area contributed by atoms with Crippen molar-refractivity contribution in [3.63, 3.8) is 0 Å². The van der Waals surface area contributed by atoms with Crippen molar-refractivity contribution >= 4 is 0 Å². The van der Waals surface area contributed by atoms with Crippen LogP contribution in [0.4, 0.5) is 0 Å². The van der Waals surface area contributed by atoms with E-state index in [2.05, 4.69) is 37.8 Å². The second-order valence-electron chi connectivity index (χ2n) is 3.08. The van der Waals surface area contributed by atoms with Gasteiger partial charge in [-0.1, -0.05) is 36.4 Å². The summed E-state index contributed by atoms with van der Waals surface area (Å²) >= 11 is 0. The van der Waals surface area contributed by atoms with Gasteiger partial charge < -0.3 is 0 Å². The first-order valence-corrected chi connectivity index (χ1v) is 4.31. The Morgan fingerprint density at radius 2 is 1.92 bits per heavy atom. The van der Waals surface area contributed by atoms with E-state index in [1.807, 2.05) is 12.1 Å². The average Bonchev–Trinajstić information content (AvgIpc) is 2.06. The van der Waals surface area contributed by atoms with Crippen molar-refractivity contribution in [1.82, 2.24) is 0 Å². The molecule has 0 aliphatic heterocycles. The summed E-state index contributed by atoms with van der Waals surface area (Å²) < 4.78 is 0. The molecule has 0 amide bonds. The highest BCUT2D eigenvalue weighted by atomic mass is 14.0.